The third-order valence-corrected chi connectivity index (χ3v) is 4.26. The van der Waals surface area contributed by atoms with Crippen molar-refractivity contribution in [3.05, 3.63) is 60.2 Å². The fourth-order valence-corrected chi connectivity index (χ4v) is 2.88. The fraction of sp³-hybridized carbons (Fsp3) is 0.143. The topological polar surface area (TPSA) is 124 Å². The van der Waals surface area contributed by atoms with E-state index in [0.717, 1.165) is 12.1 Å². The molecule has 0 saturated carbocycles. The van der Waals surface area contributed by atoms with Crippen molar-refractivity contribution in [1.29, 1.82) is 0 Å². The van der Waals surface area contributed by atoms with Crippen LogP contribution in [0.25, 0.3) is 11.4 Å². The molecule has 0 fully saturated rings. The molecule has 0 amide bonds. The van der Waals surface area contributed by atoms with Gasteiger partial charge >= 0.3 is 6.18 Å². The molecule has 4 aromatic rings. The molecule has 33 heavy (non-hydrogen) atoms. The number of ether oxygens (including phenoxy) is 2. The van der Waals surface area contributed by atoms with Crippen LogP contribution >= 0.6 is 0 Å². The fourth-order valence-electron chi connectivity index (χ4n) is 2.88. The van der Waals surface area contributed by atoms with Gasteiger partial charge in [-0.15, -0.1) is 10.2 Å². The lowest BCUT2D eigenvalue weighted by Gasteiger charge is -2.09. The lowest BCUT2D eigenvalue weighted by atomic mass is 10.2. The number of rotatable bonds is 7. The van der Waals surface area contributed by atoms with Crippen LogP contribution in [0.5, 0.6) is 17.5 Å². The molecule has 0 aliphatic rings. The molecular weight excluding hydrogens is 439 g/mol. The number of hydrogen-bond acceptors (Lipinski definition) is 8. The van der Waals surface area contributed by atoms with Gasteiger partial charge in [-0.05, 0) is 37.3 Å². The van der Waals surface area contributed by atoms with E-state index in [9.17, 15) is 13.2 Å². The van der Waals surface area contributed by atoms with Gasteiger partial charge in [-0.25, -0.2) is 0 Å². The lowest BCUT2D eigenvalue weighted by Crippen LogP contribution is -2.05. The first kappa shape index (κ1) is 21.9. The van der Waals surface area contributed by atoms with Crippen LogP contribution in [0, 0.1) is 0 Å². The largest absolute Gasteiger partial charge is 0.478 e. The molecule has 4 N–H and O–H groups in total. The van der Waals surface area contributed by atoms with Crippen molar-refractivity contribution in [3.63, 3.8) is 0 Å². The van der Waals surface area contributed by atoms with E-state index in [0.29, 0.717) is 23.7 Å². The number of aromatic nitrogens is 5. The number of nitrogens with one attached hydrogen (secondary N) is 2. The molecule has 0 bridgehead atoms. The summed E-state index contributed by atoms with van der Waals surface area (Å²) in [6.07, 6.45) is -4.44. The van der Waals surface area contributed by atoms with Crippen molar-refractivity contribution < 1.29 is 22.6 Å². The van der Waals surface area contributed by atoms with Crippen LogP contribution in [0.3, 0.4) is 0 Å². The van der Waals surface area contributed by atoms with E-state index < -0.39 is 11.7 Å². The first-order chi connectivity index (χ1) is 15.8. The number of H-pyrrole nitrogens is 1. The number of anilines is 3. The number of halogens is 3. The van der Waals surface area contributed by atoms with Crippen LogP contribution < -0.4 is 20.5 Å². The van der Waals surface area contributed by atoms with Crippen molar-refractivity contribution in [2.24, 2.45) is 0 Å². The zero-order chi connectivity index (χ0) is 23.4. The molecule has 4 rings (SSSR count). The summed E-state index contributed by atoms with van der Waals surface area (Å²) < 4.78 is 49.8. The van der Waals surface area contributed by atoms with Gasteiger partial charge in [-0.3, -0.25) is 0 Å². The first-order valence-electron chi connectivity index (χ1n) is 9.73. The SMILES string of the molecule is CCOc1cc(Oc2cccc(-c3nnc(Nc4cccc(C(F)(F)F)c4)[nH]3)c2)nc(N)n1. The van der Waals surface area contributed by atoms with Gasteiger partial charge in [-0.1, -0.05) is 18.2 Å². The summed E-state index contributed by atoms with van der Waals surface area (Å²) in [4.78, 5) is 10.9. The Labute approximate surface area is 185 Å². The summed E-state index contributed by atoms with van der Waals surface area (Å²) in [5.74, 6) is 1.50. The lowest BCUT2D eigenvalue weighted by molar-refractivity contribution is -0.137. The first-order valence-corrected chi connectivity index (χ1v) is 9.73. The van der Waals surface area contributed by atoms with Crippen molar-refractivity contribution in [2.45, 2.75) is 13.1 Å². The highest BCUT2D eigenvalue weighted by Crippen LogP contribution is 2.31. The number of benzene rings is 2. The zero-order valence-electron chi connectivity index (χ0n) is 17.2. The molecule has 170 valence electrons. The molecular formula is C21H18F3N7O2. The molecule has 0 unspecified atom stereocenters. The molecule has 0 saturated heterocycles. The third kappa shape index (κ3) is 5.47. The van der Waals surface area contributed by atoms with Crippen LogP contribution in [0.1, 0.15) is 12.5 Å². The summed E-state index contributed by atoms with van der Waals surface area (Å²) in [6.45, 7) is 2.23. The molecule has 0 aliphatic heterocycles. The van der Waals surface area contributed by atoms with Gasteiger partial charge in [0.15, 0.2) is 5.82 Å². The maximum atomic E-state index is 12.9. The summed E-state index contributed by atoms with van der Waals surface area (Å²) >= 11 is 0. The average molecular weight is 457 g/mol. The van der Waals surface area contributed by atoms with E-state index in [1.165, 1.54) is 18.2 Å². The molecule has 2 aromatic heterocycles. The standard InChI is InChI=1S/C21H18F3N7O2/c1-2-32-16-11-17(28-19(25)27-16)33-15-8-3-5-12(9-15)18-29-20(31-30-18)26-14-7-4-6-13(10-14)21(22,23)24/h3-11H,2H2,1H3,(H2,25,27,28)(H2,26,29,30,31). The quantitative estimate of drug-likeness (QED) is 0.362. The van der Waals surface area contributed by atoms with Crippen LogP contribution in [-0.4, -0.2) is 31.8 Å². The molecule has 0 atom stereocenters. The Morgan fingerprint density at radius 3 is 2.58 bits per heavy atom. The van der Waals surface area contributed by atoms with E-state index in [2.05, 4.69) is 30.5 Å². The van der Waals surface area contributed by atoms with Gasteiger partial charge in [0.2, 0.25) is 23.7 Å². The summed E-state index contributed by atoms with van der Waals surface area (Å²) in [6, 6.07) is 13.2. The Bertz CT molecular complexity index is 1260. The van der Waals surface area contributed by atoms with Gasteiger partial charge < -0.3 is 25.5 Å². The average Bonchev–Trinajstić information content (AvgIpc) is 3.22. The smallest absolute Gasteiger partial charge is 0.416 e. The highest BCUT2D eigenvalue weighted by molar-refractivity contribution is 5.61. The second-order valence-corrected chi connectivity index (χ2v) is 6.69. The molecule has 12 heteroatoms. The van der Waals surface area contributed by atoms with Crippen molar-refractivity contribution in [2.75, 3.05) is 17.7 Å². The molecule has 0 aliphatic carbocycles. The molecule has 2 aromatic carbocycles. The van der Waals surface area contributed by atoms with Crippen molar-refractivity contribution >= 4 is 17.6 Å². The van der Waals surface area contributed by atoms with E-state index in [-0.39, 0.29) is 29.3 Å². The third-order valence-electron chi connectivity index (χ3n) is 4.26. The normalized spacial score (nSPS) is 11.3. The van der Waals surface area contributed by atoms with Gasteiger partial charge in [0.1, 0.15) is 5.75 Å². The van der Waals surface area contributed by atoms with Gasteiger partial charge in [0, 0.05) is 11.3 Å². The Kier molecular flexibility index (Phi) is 5.98. The van der Waals surface area contributed by atoms with Gasteiger partial charge in [0.05, 0.1) is 18.2 Å². The number of nitrogen functional groups attached to an aromatic ring is 1. The Balaban J connectivity index is 1.51. The zero-order valence-corrected chi connectivity index (χ0v) is 17.2. The number of nitrogens with two attached hydrogens (primary N) is 1. The molecule has 0 spiro atoms. The number of alkyl halides is 3. The van der Waals surface area contributed by atoms with Crippen LogP contribution in [-0.2, 0) is 6.18 Å². The number of nitrogens with zero attached hydrogens (tertiary/aromatic N) is 4. The van der Waals surface area contributed by atoms with Crippen LogP contribution in [0.2, 0.25) is 0 Å². The Morgan fingerprint density at radius 1 is 1.00 bits per heavy atom. The molecule has 0 radical (unpaired) electrons. The Morgan fingerprint density at radius 2 is 1.79 bits per heavy atom. The predicted molar refractivity (Wildman–Crippen MR) is 114 cm³/mol. The summed E-state index contributed by atoms with van der Waals surface area (Å²) in [5.41, 5.74) is 5.77. The monoisotopic (exact) mass is 457 g/mol. The van der Waals surface area contributed by atoms with E-state index in [1.54, 1.807) is 24.3 Å². The van der Waals surface area contributed by atoms with Crippen molar-refractivity contribution in [1.82, 2.24) is 25.1 Å². The maximum Gasteiger partial charge on any atom is 0.416 e. The van der Waals surface area contributed by atoms with E-state index in [1.807, 2.05) is 6.92 Å². The minimum absolute atomic E-state index is 0.00708. The molecule has 9 nitrogen and oxygen atoms in total. The predicted octanol–water partition coefficient (Wildman–Crippen LogP) is 4.80. The van der Waals surface area contributed by atoms with Gasteiger partial charge in [-0.2, -0.15) is 23.1 Å². The van der Waals surface area contributed by atoms with Crippen LogP contribution in [0.15, 0.2) is 54.6 Å². The number of aromatic amines is 1. The number of hydrogen-bond donors (Lipinski definition) is 3. The summed E-state index contributed by atoms with van der Waals surface area (Å²) in [5, 5.41) is 10.8. The Hall–Kier alpha value is -4.35. The second kappa shape index (κ2) is 9.02. The van der Waals surface area contributed by atoms with Gasteiger partial charge in [0.25, 0.3) is 0 Å². The summed E-state index contributed by atoms with van der Waals surface area (Å²) in [7, 11) is 0. The highest BCUT2D eigenvalue weighted by Gasteiger charge is 2.30. The maximum absolute atomic E-state index is 12.9. The molecule has 2 heterocycles. The van der Waals surface area contributed by atoms with Crippen LogP contribution in [0.4, 0.5) is 30.8 Å². The minimum atomic E-state index is -4.44. The highest BCUT2D eigenvalue weighted by atomic mass is 19.4. The second-order valence-electron chi connectivity index (χ2n) is 6.69. The van der Waals surface area contributed by atoms with Crippen molar-refractivity contribution in [3.8, 4) is 28.9 Å². The van der Waals surface area contributed by atoms with E-state index >= 15 is 0 Å². The van der Waals surface area contributed by atoms with E-state index in [4.69, 9.17) is 15.2 Å². The minimum Gasteiger partial charge on any atom is -0.478 e.